The number of alkyl halides is 6. The Morgan fingerprint density at radius 1 is 1.03 bits per heavy atom. The Morgan fingerprint density at radius 3 is 2.31 bits per heavy atom. The van der Waals surface area contributed by atoms with E-state index in [0.717, 1.165) is 35.1 Å². The highest BCUT2D eigenvalue weighted by Crippen LogP contribution is 2.35. The quantitative estimate of drug-likeness (QED) is 0.298. The van der Waals surface area contributed by atoms with Crippen molar-refractivity contribution in [3.63, 3.8) is 0 Å². The molecular formula is C20H12F6N3O3+. The first-order valence-electron chi connectivity index (χ1n) is 9.09. The van der Waals surface area contributed by atoms with Gasteiger partial charge in [0.1, 0.15) is 18.4 Å². The third kappa shape index (κ3) is 3.51. The molecule has 0 spiro atoms. The van der Waals surface area contributed by atoms with Gasteiger partial charge in [0, 0.05) is 6.07 Å². The number of pyridine rings is 1. The summed E-state index contributed by atoms with van der Waals surface area (Å²) in [6.45, 7) is 1.37. The molecule has 0 bridgehead atoms. The fraction of sp³-hybridized carbons (Fsp3) is 0.200. The summed E-state index contributed by atoms with van der Waals surface area (Å²) in [6, 6.07) is 3.77. The topological polar surface area (TPSA) is 67.6 Å². The van der Waals surface area contributed by atoms with Crippen LogP contribution >= 0.6 is 0 Å². The molecule has 1 aromatic carbocycles. The van der Waals surface area contributed by atoms with Crippen LogP contribution in [-0.2, 0) is 12.4 Å². The van der Waals surface area contributed by atoms with E-state index in [-0.39, 0.29) is 40.2 Å². The van der Waals surface area contributed by atoms with Gasteiger partial charge in [-0.3, -0.25) is 4.79 Å². The summed E-state index contributed by atoms with van der Waals surface area (Å²) in [7, 11) is 0. The Hall–Kier alpha value is -3.70. The smallest absolute Gasteiger partial charge is 0.416 e. The van der Waals surface area contributed by atoms with Gasteiger partial charge >= 0.3 is 18.2 Å². The minimum Gasteiger partial charge on any atom is -0.463 e. The Kier molecular flexibility index (Phi) is 4.83. The highest BCUT2D eigenvalue weighted by Gasteiger charge is 2.35. The number of rotatable bonds is 3. The van der Waals surface area contributed by atoms with Crippen LogP contribution in [-0.4, -0.2) is 20.7 Å². The van der Waals surface area contributed by atoms with Crippen molar-refractivity contribution < 1.29 is 35.5 Å². The van der Waals surface area contributed by atoms with E-state index in [9.17, 15) is 36.0 Å². The van der Waals surface area contributed by atoms with Gasteiger partial charge in [0.2, 0.25) is 11.1 Å². The minimum atomic E-state index is -4.66. The van der Waals surface area contributed by atoms with Gasteiger partial charge in [0.25, 0.3) is 0 Å². The molecule has 0 unspecified atom stereocenters. The summed E-state index contributed by atoms with van der Waals surface area (Å²) >= 11 is 0. The fourth-order valence-corrected chi connectivity index (χ4v) is 3.25. The number of aromatic nitrogens is 2. The van der Waals surface area contributed by atoms with Crippen molar-refractivity contribution in [2.45, 2.75) is 19.3 Å². The third-order valence-corrected chi connectivity index (χ3v) is 4.81. The Morgan fingerprint density at radius 2 is 1.69 bits per heavy atom. The summed E-state index contributed by atoms with van der Waals surface area (Å²) in [6.07, 6.45) is -7.47. The van der Waals surface area contributed by atoms with Gasteiger partial charge in [-0.1, -0.05) is 4.91 Å². The van der Waals surface area contributed by atoms with Gasteiger partial charge in [0.05, 0.1) is 28.3 Å². The van der Waals surface area contributed by atoms with Crippen molar-refractivity contribution in [3.05, 3.63) is 69.0 Å². The molecule has 0 saturated carbocycles. The summed E-state index contributed by atoms with van der Waals surface area (Å²) in [4.78, 5) is 29.5. The second-order valence-corrected chi connectivity index (χ2v) is 6.81. The average Bonchev–Trinajstić information content (AvgIpc) is 3.10. The van der Waals surface area contributed by atoms with Gasteiger partial charge in [-0.05, 0) is 35.9 Å². The molecule has 0 radical (unpaired) electrons. The van der Waals surface area contributed by atoms with E-state index in [1.54, 1.807) is 0 Å². The molecule has 0 N–H and O–H groups in total. The van der Waals surface area contributed by atoms with Gasteiger partial charge in [0.15, 0.2) is 5.69 Å². The molecule has 4 aromatic rings. The number of hydrogen-bond donors (Lipinski definition) is 0. The van der Waals surface area contributed by atoms with Crippen molar-refractivity contribution in [1.82, 2.24) is 9.38 Å². The zero-order valence-electron chi connectivity index (χ0n) is 16.1. The van der Waals surface area contributed by atoms with Gasteiger partial charge in [-0.15, -0.1) is 0 Å². The molecule has 3 aromatic heterocycles. The van der Waals surface area contributed by atoms with E-state index in [1.807, 2.05) is 0 Å². The molecule has 4 rings (SSSR count). The Balaban J connectivity index is 1.98. The van der Waals surface area contributed by atoms with E-state index in [2.05, 4.69) is 4.98 Å². The molecule has 166 valence electrons. The molecule has 0 aliphatic heterocycles. The predicted octanol–water partition coefficient (Wildman–Crippen LogP) is 5.58. The lowest BCUT2D eigenvalue weighted by atomic mass is 10.1. The van der Waals surface area contributed by atoms with Crippen LogP contribution in [0.3, 0.4) is 0 Å². The summed E-state index contributed by atoms with van der Waals surface area (Å²) in [5.74, 6) is -0.213. The molecule has 0 aliphatic rings. The standard InChI is InChI=1S/C20H12F6N3O3/c1-2-29(31)18-16(27-15-8-11(20(24,25)26)5-6-28(15)18)13-9-32-14-7-10(19(21,22)23)3-4-12(14)17(13)30/h3-9H,2H2,1H3/q+1. The molecule has 3 heterocycles. The van der Waals surface area contributed by atoms with Crippen molar-refractivity contribution in [2.75, 3.05) is 6.54 Å². The van der Waals surface area contributed by atoms with E-state index in [1.165, 1.54) is 6.92 Å². The van der Waals surface area contributed by atoms with Gasteiger partial charge in [-0.2, -0.15) is 35.7 Å². The predicted molar refractivity (Wildman–Crippen MR) is 101 cm³/mol. The lowest BCUT2D eigenvalue weighted by molar-refractivity contribution is -0.462. The first kappa shape index (κ1) is 21.5. The second-order valence-electron chi connectivity index (χ2n) is 6.81. The van der Waals surface area contributed by atoms with Crippen LogP contribution in [0.25, 0.3) is 27.9 Å². The van der Waals surface area contributed by atoms with Crippen molar-refractivity contribution in [1.29, 1.82) is 0 Å². The minimum absolute atomic E-state index is 0.115. The highest BCUT2D eigenvalue weighted by atomic mass is 19.4. The number of imidazole rings is 1. The lowest BCUT2D eigenvalue weighted by Gasteiger charge is -2.07. The fourth-order valence-electron chi connectivity index (χ4n) is 3.25. The number of halogens is 6. The third-order valence-electron chi connectivity index (χ3n) is 4.81. The Labute approximate surface area is 174 Å². The van der Waals surface area contributed by atoms with Crippen LogP contribution < -0.4 is 5.43 Å². The maximum atomic E-state index is 13.1. The normalized spacial score (nSPS) is 12.6. The first-order valence-corrected chi connectivity index (χ1v) is 9.09. The van der Waals surface area contributed by atoms with Gasteiger partial charge < -0.3 is 4.42 Å². The van der Waals surface area contributed by atoms with Crippen LogP contribution in [0.4, 0.5) is 32.2 Å². The van der Waals surface area contributed by atoms with Crippen LogP contribution in [0.15, 0.2) is 52.0 Å². The largest absolute Gasteiger partial charge is 0.463 e. The maximum Gasteiger partial charge on any atom is 0.416 e. The second kappa shape index (κ2) is 7.18. The van der Waals surface area contributed by atoms with Crippen LogP contribution in [0, 0.1) is 4.91 Å². The maximum absolute atomic E-state index is 13.1. The van der Waals surface area contributed by atoms with Crippen molar-refractivity contribution >= 4 is 22.4 Å². The van der Waals surface area contributed by atoms with Crippen LogP contribution in [0.1, 0.15) is 18.1 Å². The number of nitrogens with zero attached hydrogens (tertiary/aromatic N) is 3. The molecule has 12 heteroatoms. The molecule has 0 amide bonds. The number of fused-ring (bicyclic) bond motifs is 2. The van der Waals surface area contributed by atoms with E-state index in [4.69, 9.17) is 4.42 Å². The molecule has 0 atom stereocenters. The van der Waals surface area contributed by atoms with E-state index >= 15 is 0 Å². The zero-order valence-corrected chi connectivity index (χ0v) is 16.1. The van der Waals surface area contributed by atoms with Crippen LogP contribution in [0.5, 0.6) is 0 Å². The van der Waals surface area contributed by atoms with Crippen LogP contribution in [0.2, 0.25) is 0 Å². The monoisotopic (exact) mass is 456 g/mol. The molecule has 32 heavy (non-hydrogen) atoms. The molecule has 6 nitrogen and oxygen atoms in total. The summed E-state index contributed by atoms with van der Waals surface area (Å²) in [5, 5.41) is -0.205. The Bertz CT molecular complexity index is 1430. The van der Waals surface area contributed by atoms with E-state index in [0.29, 0.717) is 16.9 Å². The summed E-state index contributed by atoms with van der Waals surface area (Å²) in [5.41, 5.74) is -3.93. The average molecular weight is 456 g/mol. The van der Waals surface area contributed by atoms with E-state index < -0.39 is 28.9 Å². The highest BCUT2D eigenvalue weighted by molar-refractivity contribution is 5.83. The molecule has 0 saturated heterocycles. The molecule has 0 fully saturated rings. The van der Waals surface area contributed by atoms with Gasteiger partial charge in [-0.25, -0.2) is 0 Å². The number of benzene rings is 1. The lowest BCUT2D eigenvalue weighted by Crippen LogP contribution is -2.10. The van der Waals surface area contributed by atoms with Crippen molar-refractivity contribution in [3.8, 4) is 11.3 Å². The number of nitroso groups, excluding NO2 is 1. The number of hydrogen-bond acceptors (Lipinski definition) is 4. The SMILES string of the molecule is CC[N+](=O)c1c(-c2coc3cc(C(F)(F)F)ccc3c2=O)nc2cc(C(F)(F)F)ccn12. The first-order chi connectivity index (χ1) is 14.9. The molecule has 0 aliphatic carbocycles. The zero-order chi connectivity index (χ0) is 23.4. The molecular weight excluding hydrogens is 444 g/mol. The van der Waals surface area contributed by atoms with Crippen molar-refractivity contribution in [2.24, 2.45) is 0 Å². The summed E-state index contributed by atoms with van der Waals surface area (Å²) < 4.78 is 84.7.